The summed E-state index contributed by atoms with van der Waals surface area (Å²) in [6.07, 6.45) is 1.17. The molecule has 0 aromatic rings. The first-order chi connectivity index (χ1) is 8.50. The Morgan fingerprint density at radius 3 is 2.16 bits per heavy atom. The van der Waals surface area contributed by atoms with Gasteiger partial charge in [-0.15, -0.1) is 0 Å². The van der Waals surface area contributed by atoms with Gasteiger partial charge in [-0.05, 0) is 46.5 Å². The molecule has 4 heteroatoms. The van der Waals surface area contributed by atoms with Gasteiger partial charge in [-0.3, -0.25) is 0 Å². The second kappa shape index (κ2) is 4.42. The van der Waals surface area contributed by atoms with Crippen LogP contribution in [0.4, 0.5) is 0 Å². The van der Waals surface area contributed by atoms with Crippen molar-refractivity contribution in [3.63, 3.8) is 0 Å². The molecule has 2 saturated carbocycles. The summed E-state index contributed by atoms with van der Waals surface area (Å²) in [5, 5.41) is 41.9. The van der Waals surface area contributed by atoms with Gasteiger partial charge in [0.15, 0.2) is 0 Å². The third kappa shape index (κ3) is 2.33. The van der Waals surface area contributed by atoms with Crippen LogP contribution in [0.25, 0.3) is 0 Å². The predicted octanol–water partition coefficient (Wildman–Crippen LogP) is 1.06. The first-order valence-electron chi connectivity index (χ1n) is 7.31. The van der Waals surface area contributed by atoms with Gasteiger partial charge in [0.2, 0.25) is 0 Å². The molecule has 6 atom stereocenters. The maximum Gasteiger partial charge on any atom is 0.0679 e. The molecule has 0 aromatic carbocycles. The molecule has 0 bridgehead atoms. The second-order valence-electron chi connectivity index (χ2n) is 7.68. The molecule has 0 radical (unpaired) electrons. The largest absolute Gasteiger partial charge is 0.393 e. The van der Waals surface area contributed by atoms with Crippen LogP contribution in [0, 0.1) is 17.3 Å². The van der Waals surface area contributed by atoms with Crippen LogP contribution >= 0.6 is 0 Å². The second-order valence-corrected chi connectivity index (χ2v) is 7.68. The van der Waals surface area contributed by atoms with Gasteiger partial charge in [0, 0.05) is 17.3 Å². The minimum atomic E-state index is -0.989. The van der Waals surface area contributed by atoms with E-state index in [1.165, 1.54) is 0 Å². The lowest BCUT2D eigenvalue weighted by molar-refractivity contribution is -0.232. The zero-order chi connectivity index (χ0) is 14.6. The van der Waals surface area contributed by atoms with E-state index in [1.807, 2.05) is 6.92 Å². The van der Waals surface area contributed by atoms with Gasteiger partial charge >= 0.3 is 0 Å². The van der Waals surface area contributed by atoms with Crippen molar-refractivity contribution in [2.45, 2.75) is 76.8 Å². The van der Waals surface area contributed by atoms with Crippen LogP contribution in [-0.2, 0) is 0 Å². The van der Waals surface area contributed by atoms with E-state index in [0.29, 0.717) is 19.3 Å². The Morgan fingerprint density at radius 2 is 1.63 bits per heavy atom. The maximum atomic E-state index is 10.7. The zero-order valence-corrected chi connectivity index (χ0v) is 12.4. The molecule has 0 amide bonds. The number of rotatable bonds is 1. The molecule has 6 unspecified atom stereocenters. The van der Waals surface area contributed by atoms with Crippen LogP contribution in [0.1, 0.15) is 53.4 Å². The van der Waals surface area contributed by atoms with E-state index in [9.17, 15) is 20.4 Å². The van der Waals surface area contributed by atoms with Crippen molar-refractivity contribution in [1.82, 2.24) is 0 Å². The highest BCUT2D eigenvalue weighted by Gasteiger charge is 2.60. The summed E-state index contributed by atoms with van der Waals surface area (Å²) in [6.45, 7) is 7.12. The van der Waals surface area contributed by atoms with Crippen molar-refractivity contribution in [2.24, 2.45) is 17.3 Å². The Bertz CT molecular complexity index is 347. The van der Waals surface area contributed by atoms with Crippen molar-refractivity contribution in [1.29, 1.82) is 0 Å². The fraction of sp³-hybridized carbons (Fsp3) is 1.00. The average Bonchev–Trinajstić information content (AvgIpc) is 2.22. The Balaban J connectivity index is 2.37. The first kappa shape index (κ1) is 15.2. The highest BCUT2D eigenvalue weighted by Crippen LogP contribution is 2.56. The SMILES string of the molecule is CC(C)(O)C1CCC2(C)C(O)CCC(C)(O)C2C1O. The van der Waals surface area contributed by atoms with E-state index in [0.717, 1.165) is 6.42 Å². The number of hydrogen-bond donors (Lipinski definition) is 4. The van der Waals surface area contributed by atoms with Crippen LogP contribution in [0.5, 0.6) is 0 Å². The molecule has 0 saturated heterocycles. The van der Waals surface area contributed by atoms with E-state index in [-0.39, 0.29) is 5.92 Å². The molecule has 2 rings (SSSR count). The average molecular weight is 272 g/mol. The van der Waals surface area contributed by atoms with Gasteiger partial charge < -0.3 is 20.4 Å². The zero-order valence-electron chi connectivity index (χ0n) is 12.4. The molecule has 112 valence electrons. The van der Waals surface area contributed by atoms with Crippen LogP contribution in [0.15, 0.2) is 0 Å². The molecule has 2 aliphatic carbocycles. The lowest BCUT2D eigenvalue weighted by atomic mass is 9.50. The fourth-order valence-corrected chi connectivity index (χ4v) is 4.55. The molecule has 0 aliphatic heterocycles. The number of aliphatic hydroxyl groups is 4. The smallest absolute Gasteiger partial charge is 0.0679 e. The summed E-state index contributed by atoms with van der Waals surface area (Å²) in [4.78, 5) is 0. The molecule has 0 spiro atoms. The summed E-state index contributed by atoms with van der Waals surface area (Å²) in [5.74, 6) is -0.656. The molecule has 4 nitrogen and oxygen atoms in total. The monoisotopic (exact) mass is 272 g/mol. The molecule has 2 fully saturated rings. The summed E-state index contributed by atoms with van der Waals surface area (Å²) < 4.78 is 0. The highest BCUT2D eigenvalue weighted by molar-refractivity contribution is 5.10. The quantitative estimate of drug-likeness (QED) is 0.575. The number of hydrogen-bond acceptors (Lipinski definition) is 4. The van der Waals surface area contributed by atoms with Gasteiger partial charge in [-0.1, -0.05) is 6.92 Å². The van der Waals surface area contributed by atoms with Crippen LogP contribution in [-0.4, -0.2) is 43.8 Å². The first-order valence-corrected chi connectivity index (χ1v) is 7.31. The maximum absolute atomic E-state index is 10.7. The third-order valence-electron chi connectivity index (χ3n) is 5.72. The summed E-state index contributed by atoms with van der Waals surface area (Å²) in [6, 6.07) is 0. The Hall–Kier alpha value is -0.160. The molecule has 4 N–H and O–H groups in total. The van der Waals surface area contributed by atoms with Gasteiger partial charge in [0.1, 0.15) is 0 Å². The topological polar surface area (TPSA) is 80.9 Å². The van der Waals surface area contributed by atoms with Crippen LogP contribution < -0.4 is 0 Å². The predicted molar refractivity (Wildman–Crippen MR) is 72.5 cm³/mol. The van der Waals surface area contributed by atoms with Crippen molar-refractivity contribution >= 4 is 0 Å². The Labute approximate surface area is 115 Å². The van der Waals surface area contributed by atoms with Crippen molar-refractivity contribution in [3.8, 4) is 0 Å². The number of fused-ring (bicyclic) bond motifs is 1. The van der Waals surface area contributed by atoms with Gasteiger partial charge in [0.05, 0.1) is 23.4 Å². The van der Waals surface area contributed by atoms with Crippen LogP contribution in [0.3, 0.4) is 0 Å². The van der Waals surface area contributed by atoms with E-state index < -0.39 is 34.7 Å². The van der Waals surface area contributed by atoms with Crippen molar-refractivity contribution in [2.75, 3.05) is 0 Å². The summed E-state index contributed by atoms with van der Waals surface area (Å²) in [7, 11) is 0. The van der Waals surface area contributed by atoms with E-state index >= 15 is 0 Å². The summed E-state index contributed by atoms with van der Waals surface area (Å²) in [5.41, 5.74) is -2.43. The molecule has 0 aromatic heterocycles. The molecule has 19 heavy (non-hydrogen) atoms. The minimum absolute atomic E-state index is 0.262. The van der Waals surface area contributed by atoms with Gasteiger partial charge in [-0.25, -0.2) is 0 Å². The Kier molecular flexibility index (Phi) is 3.54. The lowest BCUT2D eigenvalue weighted by Crippen LogP contribution is -2.64. The van der Waals surface area contributed by atoms with E-state index in [2.05, 4.69) is 0 Å². The molecular formula is C15H28O4. The summed E-state index contributed by atoms with van der Waals surface area (Å²) >= 11 is 0. The standard InChI is InChI=1S/C15H28O4/c1-13(2,18)9-5-7-14(3)10(16)6-8-15(4,19)12(14)11(9)17/h9-12,16-19H,5-8H2,1-4H3. The molecule has 0 heterocycles. The van der Waals surface area contributed by atoms with Gasteiger partial charge in [0.25, 0.3) is 0 Å². The fourth-order valence-electron chi connectivity index (χ4n) is 4.55. The molecule has 2 aliphatic rings. The van der Waals surface area contributed by atoms with E-state index in [4.69, 9.17) is 0 Å². The Morgan fingerprint density at radius 1 is 1.05 bits per heavy atom. The normalized spacial score (nSPS) is 51.8. The van der Waals surface area contributed by atoms with Crippen molar-refractivity contribution < 1.29 is 20.4 Å². The lowest BCUT2D eigenvalue weighted by Gasteiger charge is -2.59. The third-order valence-corrected chi connectivity index (χ3v) is 5.72. The van der Waals surface area contributed by atoms with Gasteiger partial charge in [-0.2, -0.15) is 0 Å². The van der Waals surface area contributed by atoms with Crippen molar-refractivity contribution in [3.05, 3.63) is 0 Å². The minimum Gasteiger partial charge on any atom is -0.393 e. The highest BCUT2D eigenvalue weighted by atomic mass is 16.3. The van der Waals surface area contributed by atoms with E-state index in [1.54, 1.807) is 20.8 Å². The number of aliphatic hydroxyl groups excluding tert-OH is 2. The van der Waals surface area contributed by atoms with Crippen LogP contribution in [0.2, 0.25) is 0 Å². The molecular weight excluding hydrogens is 244 g/mol.